The lowest BCUT2D eigenvalue weighted by Gasteiger charge is -2.16. The number of aromatic nitrogens is 1. The lowest BCUT2D eigenvalue weighted by atomic mass is 9.98. The number of ether oxygens (including phenoxy) is 1. The SMILES string of the molecule is CN(CCCCC(=O)O)C(=O)c1conc1CNC(=O)OCC1c2ccccc2-c2ccccc21. The second-order valence-corrected chi connectivity index (χ2v) is 8.43. The smallest absolute Gasteiger partial charge is 0.407 e. The minimum absolute atomic E-state index is 0.0267. The van der Waals surface area contributed by atoms with Gasteiger partial charge >= 0.3 is 12.1 Å². The molecule has 2 N–H and O–H groups in total. The predicted molar refractivity (Wildman–Crippen MR) is 127 cm³/mol. The zero-order chi connectivity index (χ0) is 24.8. The largest absolute Gasteiger partial charge is 0.481 e. The van der Waals surface area contributed by atoms with Gasteiger partial charge in [-0.15, -0.1) is 0 Å². The van der Waals surface area contributed by atoms with Crippen LogP contribution in [-0.2, 0) is 16.1 Å². The number of fused-ring (bicyclic) bond motifs is 3. The summed E-state index contributed by atoms with van der Waals surface area (Å²) in [5, 5.41) is 15.2. The number of aliphatic carboxylic acids is 1. The molecule has 35 heavy (non-hydrogen) atoms. The molecular weight excluding hydrogens is 450 g/mol. The van der Waals surface area contributed by atoms with Crippen LogP contribution in [0.4, 0.5) is 4.79 Å². The van der Waals surface area contributed by atoms with Gasteiger partial charge < -0.3 is 24.6 Å². The van der Waals surface area contributed by atoms with Crippen molar-refractivity contribution < 1.29 is 28.8 Å². The second kappa shape index (κ2) is 10.9. The van der Waals surface area contributed by atoms with E-state index in [9.17, 15) is 14.4 Å². The van der Waals surface area contributed by atoms with E-state index in [4.69, 9.17) is 14.4 Å². The van der Waals surface area contributed by atoms with E-state index in [2.05, 4.69) is 22.6 Å². The molecule has 9 nitrogen and oxygen atoms in total. The number of carbonyl (C=O) groups excluding carboxylic acids is 2. The summed E-state index contributed by atoms with van der Waals surface area (Å²) in [6.45, 7) is 0.557. The van der Waals surface area contributed by atoms with Gasteiger partial charge in [0.2, 0.25) is 0 Å². The van der Waals surface area contributed by atoms with Crippen LogP contribution in [0.1, 0.15) is 52.4 Å². The van der Waals surface area contributed by atoms with Crippen LogP contribution < -0.4 is 5.32 Å². The van der Waals surface area contributed by atoms with Crippen molar-refractivity contribution in [2.75, 3.05) is 20.2 Å². The van der Waals surface area contributed by atoms with Gasteiger partial charge in [0.05, 0.1) is 6.54 Å². The molecule has 0 saturated carbocycles. The molecule has 0 atom stereocenters. The van der Waals surface area contributed by atoms with Gasteiger partial charge in [-0.05, 0) is 35.1 Å². The van der Waals surface area contributed by atoms with Gasteiger partial charge in [-0.2, -0.15) is 0 Å². The summed E-state index contributed by atoms with van der Waals surface area (Å²) < 4.78 is 10.5. The molecule has 0 spiro atoms. The summed E-state index contributed by atoms with van der Waals surface area (Å²) >= 11 is 0. The molecule has 9 heteroatoms. The maximum Gasteiger partial charge on any atom is 0.407 e. The number of carboxylic acids is 1. The monoisotopic (exact) mass is 477 g/mol. The normalized spacial score (nSPS) is 12.0. The van der Waals surface area contributed by atoms with E-state index in [1.165, 1.54) is 11.2 Å². The molecule has 0 bridgehead atoms. The number of carboxylic acid groups (broad SMARTS) is 1. The van der Waals surface area contributed by atoms with Crippen LogP contribution in [0.25, 0.3) is 11.1 Å². The fraction of sp³-hybridized carbons (Fsp3) is 0.308. The third kappa shape index (κ3) is 5.51. The van der Waals surface area contributed by atoms with E-state index in [0.717, 1.165) is 22.3 Å². The van der Waals surface area contributed by atoms with Gasteiger partial charge in [0.25, 0.3) is 5.91 Å². The molecule has 1 heterocycles. The number of carbonyl (C=O) groups is 3. The number of rotatable bonds is 10. The highest BCUT2D eigenvalue weighted by Gasteiger charge is 2.29. The third-order valence-corrected chi connectivity index (χ3v) is 6.10. The number of hydrogen-bond donors (Lipinski definition) is 2. The van der Waals surface area contributed by atoms with Crippen molar-refractivity contribution in [3.05, 3.63) is 77.2 Å². The fourth-order valence-electron chi connectivity index (χ4n) is 4.30. The minimum atomic E-state index is -0.861. The molecule has 0 unspecified atom stereocenters. The summed E-state index contributed by atoms with van der Waals surface area (Å²) in [6.07, 6.45) is 1.73. The molecular formula is C26H27N3O6. The number of alkyl carbamates (subject to hydrolysis) is 1. The van der Waals surface area contributed by atoms with Gasteiger partial charge in [0.15, 0.2) is 0 Å². The Labute approximate surface area is 202 Å². The van der Waals surface area contributed by atoms with Crippen molar-refractivity contribution in [3.8, 4) is 11.1 Å². The first-order valence-corrected chi connectivity index (χ1v) is 11.4. The van der Waals surface area contributed by atoms with Gasteiger partial charge in [0, 0.05) is 25.9 Å². The summed E-state index contributed by atoms with van der Waals surface area (Å²) in [4.78, 5) is 37.2. The average molecular weight is 478 g/mol. The quantitative estimate of drug-likeness (QED) is 0.423. The number of nitrogens with zero attached hydrogens (tertiary/aromatic N) is 2. The van der Waals surface area contributed by atoms with Crippen LogP contribution in [0.3, 0.4) is 0 Å². The van der Waals surface area contributed by atoms with Crippen LogP contribution in [-0.4, -0.2) is 53.3 Å². The van der Waals surface area contributed by atoms with Gasteiger partial charge in [0.1, 0.15) is 24.1 Å². The van der Waals surface area contributed by atoms with Crippen LogP contribution in [0.5, 0.6) is 0 Å². The molecule has 0 fully saturated rings. The minimum Gasteiger partial charge on any atom is -0.481 e. The number of unbranched alkanes of at least 4 members (excludes halogenated alkanes) is 1. The number of hydrogen-bond acceptors (Lipinski definition) is 6. The van der Waals surface area contributed by atoms with Crippen LogP contribution in [0.2, 0.25) is 0 Å². The average Bonchev–Trinajstić information content (AvgIpc) is 3.46. The predicted octanol–water partition coefficient (Wildman–Crippen LogP) is 4.04. The highest BCUT2D eigenvalue weighted by Crippen LogP contribution is 2.44. The molecule has 0 saturated heterocycles. The maximum atomic E-state index is 12.7. The standard InChI is InChI=1S/C26H27N3O6/c1-29(13-7-6-12-24(30)31)25(32)22-16-35-28-23(22)14-27-26(33)34-15-21-19-10-4-2-8-17(19)18-9-3-5-11-20(18)21/h2-5,8-11,16,21H,6-7,12-15H2,1H3,(H,27,33)(H,30,31). The first-order chi connectivity index (χ1) is 17.0. The molecule has 2 amide bonds. The fourth-order valence-corrected chi connectivity index (χ4v) is 4.30. The molecule has 0 aliphatic heterocycles. The maximum absolute atomic E-state index is 12.7. The molecule has 3 aromatic rings. The first kappa shape index (κ1) is 24.0. The zero-order valence-corrected chi connectivity index (χ0v) is 19.4. The van der Waals surface area contributed by atoms with E-state index >= 15 is 0 Å². The van der Waals surface area contributed by atoms with Crippen molar-refractivity contribution in [1.82, 2.24) is 15.4 Å². The van der Waals surface area contributed by atoms with Crippen molar-refractivity contribution >= 4 is 18.0 Å². The van der Waals surface area contributed by atoms with Crippen molar-refractivity contribution in [2.24, 2.45) is 0 Å². The Morgan fingerprint density at radius 3 is 2.37 bits per heavy atom. The zero-order valence-electron chi connectivity index (χ0n) is 19.4. The summed E-state index contributed by atoms with van der Waals surface area (Å²) in [7, 11) is 1.62. The topological polar surface area (TPSA) is 122 Å². The highest BCUT2D eigenvalue weighted by molar-refractivity contribution is 5.94. The number of amides is 2. The third-order valence-electron chi connectivity index (χ3n) is 6.10. The molecule has 4 rings (SSSR count). The molecule has 1 aromatic heterocycles. The van der Waals surface area contributed by atoms with Crippen molar-refractivity contribution in [2.45, 2.75) is 31.7 Å². The van der Waals surface area contributed by atoms with Crippen LogP contribution in [0, 0.1) is 0 Å². The first-order valence-electron chi connectivity index (χ1n) is 11.4. The number of benzene rings is 2. The summed E-state index contributed by atoms with van der Waals surface area (Å²) in [5.41, 5.74) is 5.07. The molecule has 0 radical (unpaired) electrons. The van der Waals surface area contributed by atoms with Crippen molar-refractivity contribution in [3.63, 3.8) is 0 Å². The van der Waals surface area contributed by atoms with E-state index in [-0.39, 0.29) is 37.0 Å². The van der Waals surface area contributed by atoms with Gasteiger partial charge in [-0.3, -0.25) is 9.59 Å². The second-order valence-electron chi connectivity index (χ2n) is 8.43. The Morgan fingerprint density at radius 1 is 1.06 bits per heavy atom. The van der Waals surface area contributed by atoms with E-state index < -0.39 is 12.1 Å². The number of nitrogens with one attached hydrogen (secondary N) is 1. The van der Waals surface area contributed by atoms with Crippen LogP contribution >= 0.6 is 0 Å². The Morgan fingerprint density at radius 2 is 1.71 bits per heavy atom. The highest BCUT2D eigenvalue weighted by atomic mass is 16.5. The molecule has 182 valence electrons. The summed E-state index contributed by atoms with van der Waals surface area (Å²) in [5.74, 6) is -1.22. The van der Waals surface area contributed by atoms with E-state index in [1.54, 1.807) is 7.05 Å². The van der Waals surface area contributed by atoms with Crippen molar-refractivity contribution in [1.29, 1.82) is 0 Å². The van der Waals surface area contributed by atoms with E-state index in [0.29, 0.717) is 25.1 Å². The molecule has 2 aromatic carbocycles. The Balaban J connectivity index is 1.30. The Kier molecular flexibility index (Phi) is 7.45. The molecule has 1 aliphatic carbocycles. The lowest BCUT2D eigenvalue weighted by Crippen LogP contribution is -2.30. The van der Waals surface area contributed by atoms with Gasteiger partial charge in [-0.25, -0.2) is 4.79 Å². The van der Waals surface area contributed by atoms with Gasteiger partial charge in [-0.1, -0.05) is 53.7 Å². The Bertz CT molecular complexity index is 1180. The van der Waals surface area contributed by atoms with E-state index in [1.807, 2.05) is 36.4 Å². The summed E-state index contributed by atoms with van der Waals surface area (Å²) in [6, 6.07) is 16.2. The Hall–Kier alpha value is -4.14. The van der Waals surface area contributed by atoms with Crippen LogP contribution in [0.15, 0.2) is 59.3 Å². The lowest BCUT2D eigenvalue weighted by molar-refractivity contribution is -0.137. The molecule has 1 aliphatic rings.